The van der Waals surface area contributed by atoms with Crippen molar-refractivity contribution in [2.24, 2.45) is 0 Å². The molecule has 0 aromatic carbocycles. The van der Waals surface area contributed by atoms with Crippen molar-refractivity contribution in [2.45, 2.75) is 97.0 Å². The van der Waals surface area contributed by atoms with E-state index in [9.17, 15) is 0 Å². The van der Waals surface area contributed by atoms with E-state index in [-0.39, 0.29) is 35.7 Å². The molecule has 5 nitrogen and oxygen atoms in total. The van der Waals surface area contributed by atoms with Crippen molar-refractivity contribution in [3.8, 4) is 0 Å². The summed E-state index contributed by atoms with van der Waals surface area (Å²) in [5, 5.41) is 9.10. The van der Waals surface area contributed by atoms with E-state index in [4.69, 9.17) is 22.6 Å². The van der Waals surface area contributed by atoms with E-state index in [0.29, 0.717) is 0 Å². The summed E-state index contributed by atoms with van der Waals surface area (Å²) in [6.07, 6.45) is 16.1. The molecule has 7 heteroatoms. The molecule has 132 valence electrons. The molecule has 1 atom stereocenters. The molecular formula is C15H35NaO5S. The first kappa shape index (κ1) is 27.7. The predicted molar refractivity (Wildman–Crippen MR) is 94.1 cm³/mol. The molecule has 0 saturated carbocycles. The zero-order chi connectivity index (χ0) is 16.6. The molecule has 0 aromatic heterocycles. The van der Waals surface area contributed by atoms with Gasteiger partial charge >= 0.3 is 40.0 Å². The number of rotatable bonds is 12. The molecule has 0 amide bonds. The van der Waals surface area contributed by atoms with Gasteiger partial charge in [0.05, 0.1) is 6.10 Å². The average Bonchev–Trinajstić information content (AvgIpc) is 2.33. The molecule has 0 spiro atoms. The van der Waals surface area contributed by atoms with Crippen LogP contribution in [0.2, 0.25) is 0 Å². The van der Waals surface area contributed by atoms with Crippen LogP contribution in [0.15, 0.2) is 0 Å². The Hall–Kier alpha value is 0.830. The molecule has 0 fully saturated rings. The maximum atomic E-state index is 9.10. The first-order valence-corrected chi connectivity index (χ1v) is 9.55. The molecule has 0 aliphatic carbocycles. The van der Waals surface area contributed by atoms with E-state index in [1.54, 1.807) is 0 Å². The second-order valence-electron chi connectivity index (χ2n) is 5.62. The summed E-state index contributed by atoms with van der Waals surface area (Å²) >= 11 is 0. The van der Waals surface area contributed by atoms with E-state index in [1.165, 1.54) is 70.6 Å². The Morgan fingerprint density at radius 1 is 0.773 bits per heavy atom. The van der Waals surface area contributed by atoms with E-state index < -0.39 is 10.4 Å². The standard InChI is InChI=1S/C15H32O.Na.H2O4S.H/c1-3-4-5-6-7-8-9-10-11-12-13-14-15(2)16;;1-5(2,3)4;/h15-16H,3-14H2,1-2H3;;(H2,1,2,3,4);. The van der Waals surface area contributed by atoms with Gasteiger partial charge in [0.15, 0.2) is 0 Å². The number of hydrogen-bond donors (Lipinski definition) is 3. The normalized spacial score (nSPS) is 12.0. The van der Waals surface area contributed by atoms with Gasteiger partial charge < -0.3 is 5.11 Å². The number of aliphatic hydroxyl groups excluding tert-OH is 1. The Labute approximate surface area is 159 Å². The SMILES string of the molecule is CCCCCCCCCCCCCC(C)O.O=S(=O)(O)O.[NaH]. The first-order chi connectivity index (χ1) is 9.77. The molecule has 0 radical (unpaired) electrons. The summed E-state index contributed by atoms with van der Waals surface area (Å²) in [7, 11) is -4.67. The van der Waals surface area contributed by atoms with Crippen LogP contribution in [0.25, 0.3) is 0 Å². The molecule has 0 rings (SSSR count). The second kappa shape index (κ2) is 19.9. The van der Waals surface area contributed by atoms with Crippen LogP contribution in [0.3, 0.4) is 0 Å². The molecule has 0 aromatic rings. The minimum absolute atomic E-state index is 0. The molecule has 1 unspecified atom stereocenters. The molecule has 0 saturated heterocycles. The molecule has 0 heterocycles. The zero-order valence-corrected chi connectivity index (χ0v) is 14.4. The van der Waals surface area contributed by atoms with Crippen molar-refractivity contribution < 1.29 is 22.6 Å². The molecule has 0 aliphatic rings. The van der Waals surface area contributed by atoms with Gasteiger partial charge in [-0.3, -0.25) is 9.11 Å². The molecule has 0 aliphatic heterocycles. The van der Waals surface area contributed by atoms with Gasteiger partial charge in [0, 0.05) is 0 Å². The van der Waals surface area contributed by atoms with E-state index >= 15 is 0 Å². The number of aliphatic hydroxyl groups is 1. The number of hydrogen-bond acceptors (Lipinski definition) is 3. The van der Waals surface area contributed by atoms with Gasteiger partial charge in [-0.15, -0.1) is 0 Å². The van der Waals surface area contributed by atoms with Gasteiger partial charge in [-0.05, 0) is 13.3 Å². The fourth-order valence-electron chi connectivity index (χ4n) is 2.10. The van der Waals surface area contributed by atoms with Gasteiger partial charge in [0.2, 0.25) is 0 Å². The third-order valence-electron chi connectivity index (χ3n) is 3.23. The van der Waals surface area contributed by atoms with E-state index in [0.717, 1.165) is 6.42 Å². The Bertz CT molecular complexity index is 286. The summed E-state index contributed by atoms with van der Waals surface area (Å²) in [5.74, 6) is 0. The van der Waals surface area contributed by atoms with Gasteiger partial charge in [-0.2, -0.15) is 8.42 Å². The van der Waals surface area contributed by atoms with Gasteiger partial charge in [0.25, 0.3) is 0 Å². The topological polar surface area (TPSA) is 94.8 Å². The summed E-state index contributed by atoms with van der Waals surface area (Å²) in [5.41, 5.74) is 0. The van der Waals surface area contributed by atoms with E-state index in [1.807, 2.05) is 6.92 Å². The minimum atomic E-state index is -4.67. The van der Waals surface area contributed by atoms with E-state index in [2.05, 4.69) is 6.92 Å². The van der Waals surface area contributed by atoms with Gasteiger partial charge in [-0.25, -0.2) is 0 Å². The molecule has 22 heavy (non-hydrogen) atoms. The molecule has 3 N–H and O–H groups in total. The third-order valence-corrected chi connectivity index (χ3v) is 3.23. The van der Waals surface area contributed by atoms with Crippen LogP contribution in [0.5, 0.6) is 0 Å². The zero-order valence-electron chi connectivity index (χ0n) is 13.6. The maximum absolute atomic E-state index is 9.10. The van der Waals surface area contributed by atoms with Crippen LogP contribution in [0.4, 0.5) is 0 Å². The van der Waals surface area contributed by atoms with Crippen LogP contribution in [-0.2, 0) is 10.4 Å². The van der Waals surface area contributed by atoms with Crippen molar-refractivity contribution in [1.82, 2.24) is 0 Å². The van der Waals surface area contributed by atoms with Crippen molar-refractivity contribution in [2.75, 3.05) is 0 Å². The van der Waals surface area contributed by atoms with Gasteiger partial charge in [0.1, 0.15) is 0 Å². The molecule has 0 bridgehead atoms. The van der Waals surface area contributed by atoms with Crippen LogP contribution in [-0.4, -0.2) is 58.3 Å². The summed E-state index contributed by atoms with van der Waals surface area (Å²) < 4.78 is 31.6. The monoisotopic (exact) mass is 350 g/mol. The van der Waals surface area contributed by atoms with Crippen molar-refractivity contribution in [3.63, 3.8) is 0 Å². The number of unbranched alkanes of at least 4 members (excludes halogenated alkanes) is 10. The Morgan fingerprint density at radius 3 is 1.32 bits per heavy atom. The summed E-state index contributed by atoms with van der Waals surface area (Å²) in [6.45, 7) is 4.16. The summed E-state index contributed by atoms with van der Waals surface area (Å²) in [6, 6.07) is 0. The Kier molecular flexibility index (Phi) is 25.0. The predicted octanol–water partition coefficient (Wildman–Crippen LogP) is 3.77. The fourth-order valence-corrected chi connectivity index (χ4v) is 2.10. The second-order valence-corrected chi connectivity index (χ2v) is 6.52. The van der Waals surface area contributed by atoms with Gasteiger partial charge in [-0.1, -0.05) is 77.6 Å². The van der Waals surface area contributed by atoms with Crippen molar-refractivity contribution in [3.05, 3.63) is 0 Å². The van der Waals surface area contributed by atoms with Crippen LogP contribution < -0.4 is 0 Å². The quantitative estimate of drug-likeness (QED) is 0.283. The average molecular weight is 350 g/mol. The first-order valence-electron chi connectivity index (χ1n) is 8.15. The van der Waals surface area contributed by atoms with Crippen molar-refractivity contribution in [1.29, 1.82) is 0 Å². The third kappa shape index (κ3) is 42.8. The Morgan fingerprint density at radius 2 is 1.05 bits per heavy atom. The summed E-state index contributed by atoms with van der Waals surface area (Å²) in [4.78, 5) is 0. The molecular weight excluding hydrogens is 315 g/mol. The van der Waals surface area contributed by atoms with Crippen molar-refractivity contribution >= 4 is 40.0 Å². The van der Waals surface area contributed by atoms with Crippen LogP contribution >= 0.6 is 0 Å². The fraction of sp³-hybridized carbons (Fsp3) is 1.00. The van der Waals surface area contributed by atoms with Crippen LogP contribution in [0.1, 0.15) is 90.9 Å². The van der Waals surface area contributed by atoms with Crippen LogP contribution in [0, 0.1) is 0 Å². The Balaban J connectivity index is -0.000000520.